The summed E-state index contributed by atoms with van der Waals surface area (Å²) in [6.07, 6.45) is 0.985. The molecular weight excluding hydrogens is 264 g/mol. The number of aryl methyl sites for hydroxylation is 1. The van der Waals surface area contributed by atoms with E-state index in [0.717, 1.165) is 12.1 Å². The van der Waals surface area contributed by atoms with E-state index in [1.807, 2.05) is 24.3 Å². The lowest BCUT2D eigenvalue weighted by Crippen LogP contribution is -1.93. The molecule has 5 heteroatoms. The summed E-state index contributed by atoms with van der Waals surface area (Å²) in [6.45, 7) is 2.09. The SMILES string of the molecule is CCc1ccc(Nc2ccc([N+](=O)[O-])cc2Cl)cc1. The molecule has 0 spiro atoms. The van der Waals surface area contributed by atoms with Crippen LogP contribution in [-0.2, 0) is 6.42 Å². The molecule has 0 amide bonds. The van der Waals surface area contributed by atoms with Crippen LogP contribution in [0.3, 0.4) is 0 Å². The molecule has 0 atom stereocenters. The van der Waals surface area contributed by atoms with Gasteiger partial charge in [0.15, 0.2) is 0 Å². The van der Waals surface area contributed by atoms with Crippen LogP contribution in [0.4, 0.5) is 17.1 Å². The fourth-order valence-corrected chi connectivity index (χ4v) is 1.92. The topological polar surface area (TPSA) is 55.2 Å². The molecule has 4 nitrogen and oxygen atoms in total. The molecule has 0 aliphatic carbocycles. The highest BCUT2D eigenvalue weighted by molar-refractivity contribution is 6.33. The lowest BCUT2D eigenvalue weighted by atomic mass is 10.1. The van der Waals surface area contributed by atoms with E-state index in [-0.39, 0.29) is 5.69 Å². The Kier molecular flexibility index (Phi) is 4.02. The van der Waals surface area contributed by atoms with E-state index in [2.05, 4.69) is 12.2 Å². The summed E-state index contributed by atoms with van der Waals surface area (Å²) in [5, 5.41) is 14.1. The monoisotopic (exact) mass is 276 g/mol. The van der Waals surface area contributed by atoms with Crippen LogP contribution in [0.5, 0.6) is 0 Å². The van der Waals surface area contributed by atoms with Crippen LogP contribution in [-0.4, -0.2) is 4.92 Å². The predicted molar refractivity (Wildman–Crippen MR) is 77.2 cm³/mol. The number of nitrogens with zero attached hydrogens (tertiary/aromatic N) is 1. The molecule has 2 aromatic carbocycles. The smallest absolute Gasteiger partial charge is 0.271 e. The van der Waals surface area contributed by atoms with Crippen molar-refractivity contribution in [1.82, 2.24) is 0 Å². The third-order valence-corrected chi connectivity index (χ3v) is 3.12. The number of hydrogen-bond donors (Lipinski definition) is 1. The Morgan fingerprint density at radius 1 is 1.21 bits per heavy atom. The Morgan fingerprint density at radius 2 is 1.89 bits per heavy atom. The van der Waals surface area contributed by atoms with E-state index in [1.165, 1.54) is 17.7 Å². The molecule has 0 fully saturated rings. The molecule has 0 saturated heterocycles. The van der Waals surface area contributed by atoms with Crippen molar-refractivity contribution in [3.8, 4) is 0 Å². The van der Waals surface area contributed by atoms with Gasteiger partial charge < -0.3 is 5.32 Å². The van der Waals surface area contributed by atoms with E-state index in [0.29, 0.717) is 10.7 Å². The number of benzene rings is 2. The van der Waals surface area contributed by atoms with Gasteiger partial charge in [0, 0.05) is 17.8 Å². The third-order valence-electron chi connectivity index (χ3n) is 2.80. The fourth-order valence-electron chi connectivity index (χ4n) is 1.70. The van der Waals surface area contributed by atoms with Crippen molar-refractivity contribution in [2.75, 3.05) is 5.32 Å². The van der Waals surface area contributed by atoms with Crippen LogP contribution >= 0.6 is 11.6 Å². The summed E-state index contributed by atoms with van der Waals surface area (Å²) >= 11 is 6.01. The van der Waals surface area contributed by atoms with Crippen LogP contribution in [0.15, 0.2) is 42.5 Å². The number of halogens is 1. The van der Waals surface area contributed by atoms with Crippen LogP contribution < -0.4 is 5.32 Å². The van der Waals surface area contributed by atoms with E-state index < -0.39 is 4.92 Å². The lowest BCUT2D eigenvalue weighted by Gasteiger charge is -2.08. The maximum Gasteiger partial charge on any atom is 0.271 e. The maximum absolute atomic E-state index is 10.6. The summed E-state index contributed by atoms with van der Waals surface area (Å²) in [6, 6.07) is 12.3. The largest absolute Gasteiger partial charge is 0.354 e. The summed E-state index contributed by atoms with van der Waals surface area (Å²) < 4.78 is 0. The van der Waals surface area contributed by atoms with Gasteiger partial charge in [-0.25, -0.2) is 0 Å². The molecular formula is C14H13ClN2O2. The van der Waals surface area contributed by atoms with Crippen LogP contribution in [0.2, 0.25) is 5.02 Å². The summed E-state index contributed by atoms with van der Waals surface area (Å²) in [5.74, 6) is 0. The van der Waals surface area contributed by atoms with Crippen molar-refractivity contribution >= 4 is 28.7 Å². The minimum Gasteiger partial charge on any atom is -0.354 e. The van der Waals surface area contributed by atoms with E-state index in [4.69, 9.17) is 11.6 Å². The van der Waals surface area contributed by atoms with Gasteiger partial charge in [-0.05, 0) is 30.2 Å². The molecule has 0 aromatic heterocycles. The maximum atomic E-state index is 10.6. The fraction of sp³-hybridized carbons (Fsp3) is 0.143. The van der Waals surface area contributed by atoms with Gasteiger partial charge in [0.05, 0.1) is 15.6 Å². The van der Waals surface area contributed by atoms with E-state index in [1.54, 1.807) is 6.07 Å². The molecule has 19 heavy (non-hydrogen) atoms. The molecule has 0 radical (unpaired) electrons. The highest BCUT2D eigenvalue weighted by Gasteiger charge is 2.09. The Morgan fingerprint density at radius 3 is 2.42 bits per heavy atom. The molecule has 0 heterocycles. The highest BCUT2D eigenvalue weighted by atomic mass is 35.5. The standard InChI is InChI=1S/C14H13ClN2O2/c1-2-10-3-5-11(6-4-10)16-14-8-7-12(17(18)19)9-13(14)15/h3-9,16H,2H2,1H3. The molecule has 98 valence electrons. The predicted octanol–water partition coefficient (Wildman–Crippen LogP) is 4.55. The second-order valence-electron chi connectivity index (χ2n) is 4.10. The first-order valence-corrected chi connectivity index (χ1v) is 6.28. The van der Waals surface area contributed by atoms with Gasteiger partial charge >= 0.3 is 0 Å². The first kappa shape index (κ1) is 13.4. The average Bonchev–Trinajstić information content (AvgIpc) is 2.41. The number of nitro benzene ring substituents is 1. The zero-order chi connectivity index (χ0) is 13.8. The molecule has 0 bridgehead atoms. The number of nitrogens with one attached hydrogen (secondary N) is 1. The number of hydrogen-bond acceptors (Lipinski definition) is 3. The van der Waals surface area contributed by atoms with Crippen molar-refractivity contribution < 1.29 is 4.92 Å². The number of anilines is 2. The average molecular weight is 277 g/mol. The lowest BCUT2D eigenvalue weighted by molar-refractivity contribution is -0.384. The normalized spacial score (nSPS) is 10.2. The zero-order valence-electron chi connectivity index (χ0n) is 10.4. The molecule has 0 unspecified atom stereocenters. The molecule has 2 rings (SSSR count). The van der Waals surface area contributed by atoms with Gasteiger partial charge in [0.2, 0.25) is 0 Å². The molecule has 0 aliphatic heterocycles. The van der Waals surface area contributed by atoms with Crippen LogP contribution in [0.1, 0.15) is 12.5 Å². The summed E-state index contributed by atoms with van der Waals surface area (Å²) in [5.41, 5.74) is 2.78. The second-order valence-corrected chi connectivity index (χ2v) is 4.50. The zero-order valence-corrected chi connectivity index (χ0v) is 11.1. The van der Waals surface area contributed by atoms with Crippen LogP contribution in [0.25, 0.3) is 0 Å². The first-order valence-electron chi connectivity index (χ1n) is 5.90. The van der Waals surface area contributed by atoms with Gasteiger partial charge in [-0.1, -0.05) is 30.7 Å². The van der Waals surface area contributed by atoms with Crippen molar-refractivity contribution in [2.24, 2.45) is 0 Å². The van der Waals surface area contributed by atoms with Gasteiger partial charge in [0.25, 0.3) is 5.69 Å². The van der Waals surface area contributed by atoms with E-state index in [9.17, 15) is 10.1 Å². The minimum absolute atomic E-state index is 0.0168. The Balaban J connectivity index is 2.20. The number of rotatable bonds is 4. The Bertz CT molecular complexity index is 597. The van der Waals surface area contributed by atoms with Gasteiger partial charge in [-0.2, -0.15) is 0 Å². The van der Waals surface area contributed by atoms with Crippen LogP contribution in [0, 0.1) is 10.1 Å². The van der Waals surface area contributed by atoms with Crippen molar-refractivity contribution in [1.29, 1.82) is 0 Å². The van der Waals surface area contributed by atoms with E-state index >= 15 is 0 Å². The summed E-state index contributed by atoms with van der Waals surface area (Å²) in [4.78, 5) is 10.2. The quantitative estimate of drug-likeness (QED) is 0.658. The first-order chi connectivity index (χ1) is 9.10. The molecule has 0 saturated carbocycles. The van der Waals surface area contributed by atoms with Gasteiger partial charge in [0.1, 0.15) is 0 Å². The molecule has 1 N–H and O–H groups in total. The minimum atomic E-state index is -0.467. The van der Waals surface area contributed by atoms with Crippen molar-refractivity contribution in [3.63, 3.8) is 0 Å². The number of nitro groups is 1. The molecule has 0 aliphatic rings. The Labute approximate surface area is 116 Å². The number of non-ortho nitro benzene ring substituents is 1. The highest BCUT2D eigenvalue weighted by Crippen LogP contribution is 2.29. The second kappa shape index (κ2) is 5.71. The molecule has 2 aromatic rings. The third kappa shape index (κ3) is 3.23. The van der Waals surface area contributed by atoms with Gasteiger partial charge in [-0.15, -0.1) is 0 Å². The summed E-state index contributed by atoms with van der Waals surface area (Å²) in [7, 11) is 0. The van der Waals surface area contributed by atoms with Crippen molar-refractivity contribution in [2.45, 2.75) is 13.3 Å². The van der Waals surface area contributed by atoms with Crippen molar-refractivity contribution in [3.05, 3.63) is 63.2 Å². The Hall–Kier alpha value is -2.07. The van der Waals surface area contributed by atoms with Gasteiger partial charge in [-0.3, -0.25) is 10.1 Å².